The van der Waals surface area contributed by atoms with Crippen LogP contribution >= 0.6 is 0 Å². The lowest BCUT2D eigenvalue weighted by atomic mass is 10.2. The zero-order valence-electron chi connectivity index (χ0n) is 11.8. The first-order valence-corrected chi connectivity index (χ1v) is 6.74. The molecule has 2 N–H and O–H groups in total. The highest BCUT2D eigenvalue weighted by atomic mass is 16.4. The van der Waals surface area contributed by atoms with E-state index in [2.05, 4.69) is 0 Å². The molecule has 0 aliphatic carbocycles. The molecule has 0 bridgehead atoms. The molecule has 1 heterocycles. The normalized spacial score (nSPS) is 14.4. The number of phenols is 1. The first-order valence-electron chi connectivity index (χ1n) is 6.74. The number of carbonyl (C=O) groups excluding carboxylic acids is 2. The number of carbonyl (C=O) groups is 3. The van der Waals surface area contributed by atoms with Crippen LogP contribution in [0.3, 0.4) is 0 Å². The van der Waals surface area contributed by atoms with Crippen LogP contribution in [0.1, 0.15) is 10.4 Å². The van der Waals surface area contributed by atoms with E-state index < -0.39 is 17.9 Å². The highest BCUT2D eigenvalue weighted by Gasteiger charge is 2.37. The molecule has 1 fully saturated rings. The van der Waals surface area contributed by atoms with Crippen molar-refractivity contribution in [3.05, 3.63) is 54.1 Å². The fraction of sp³-hybridized carbons (Fsp3) is 0.0625. The van der Waals surface area contributed by atoms with Crippen LogP contribution in [0, 0.1) is 0 Å². The molecule has 116 valence electrons. The van der Waals surface area contributed by atoms with Gasteiger partial charge in [-0.25, -0.2) is 14.5 Å². The highest BCUT2D eigenvalue weighted by molar-refractivity contribution is 6.26. The molecule has 3 amide bonds. The maximum atomic E-state index is 12.5. The van der Waals surface area contributed by atoms with E-state index >= 15 is 0 Å². The Morgan fingerprint density at radius 1 is 0.913 bits per heavy atom. The van der Waals surface area contributed by atoms with Crippen LogP contribution in [0.2, 0.25) is 0 Å². The van der Waals surface area contributed by atoms with Crippen molar-refractivity contribution in [3.8, 4) is 5.75 Å². The van der Waals surface area contributed by atoms with Crippen molar-refractivity contribution in [3.63, 3.8) is 0 Å². The quantitative estimate of drug-likeness (QED) is 0.845. The number of imide groups is 1. The molecule has 0 radical (unpaired) electrons. The van der Waals surface area contributed by atoms with Crippen molar-refractivity contribution in [1.29, 1.82) is 0 Å². The highest BCUT2D eigenvalue weighted by Crippen LogP contribution is 2.27. The summed E-state index contributed by atoms with van der Waals surface area (Å²) < 4.78 is 0. The van der Waals surface area contributed by atoms with Crippen LogP contribution in [0.5, 0.6) is 5.75 Å². The minimum absolute atomic E-state index is 0.0361. The first-order chi connectivity index (χ1) is 11.0. The van der Waals surface area contributed by atoms with Crippen LogP contribution in [-0.2, 0) is 4.79 Å². The number of aromatic carboxylic acids is 1. The van der Waals surface area contributed by atoms with Gasteiger partial charge in [-0.05, 0) is 48.5 Å². The van der Waals surface area contributed by atoms with Crippen molar-refractivity contribution in [2.45, 2.75) is 0 Å². The summed E-state index contributed by atoms with van der Waals surface area (Å²) in [5, 5.41) is 18.2. The van der Waals surface area contributed by atoms with E-state index in [-0.39, 0.29) is 17.9 Å². The molecule has 1 aliphatic rings. The Morgan fingerprint density at radius 3 is 2.04 bits per heavy atom. The van der Waals surface area contributed by atoms with Gasteiger partial charge in [0.25, 0.3) is 5.91 Å². The van der Waals surface area contributed by atoms with Crippen molar-refractivity contribution < 1.29 is 24.6 Å². The fourth-order valence-corrected chi connectivity index (χ4v) is 2.34. The number of aromatic hydroxyl groups is 1. The summed E-state index contributed by atoms with van der Waals surface area (Å²) in [5.41, 5.74) is 0.902. The lowest BCUT2D eigenvalue weighted by Gasteiger charge is -2.17. The van der Waals surface area contributed by atoms with E-state index in [0.717, 1.165) is 4.90 Å². The summed E-state index contributed by atoms with van der Waals surface area (Å²) in [4.78, 5) is 37.7. The summed E-state index contributed by atoms with van der Waals surface area (Å²) in [6, 6.07) is 10.9. The third-order valence-electron chi connectivity index (χ3n) is 3.50. The molecule has 1 saturated heterocycles. The molecule has 0 atom stereocenters. The number of hydrogen-bond donors (Lipinski definition) is 2. The van der Waals surface area contributed by atoms with Gasteiger partial charge in [-0.3, -0.25) is 9.69 Å². The van der Waals surface area contributed by atoms with Crippen molar-refractivity contribution in [2.75, 3.05) is 16.3 Å². The number of amides is 3. The molecule has 0 spiro atoms. The smallest absolute Gasteiger partial charge is 0.336 e. The summed E-state index contributed by atoms with van der Waals surface area (Å²) in [5.74, 6) is -1.43. The largest absolute Gasteiger partial charge is 0.508 e. The Bertz CT molecular complexity index is 783. The number of nitrogens with zero attached hydrogens (tertiary/aromatic N) is 2. The number of rotatable bonds is 3. The van der Waals surface area contributed by atoms with Gasteiger partial charge in [0.2, 0.25) is 0 Å². The Hall–Kier alpha value is -3.35. The van der Waals surface area contributed by atoms with Gasteiger partial charge in [-0.2, -0.15) is 0 Å². The molecule has 2 aromatic carbocycles. The predicted molar refractivity (Wildman–Crippen MR) is 81.7 cm³/mol. The zero-order valence-corrected chi connectivity index (χ0v) is 11.8. The van der Waals surface area contributed by atoms with E-state index in [1.165, 1.54) is 53.4 Å². The first kappa shape index (κ1) is 14.6. The van der Waals surface area contributed by atoms with Gasteiger partial charge in [0.05, 0.1) is 11.3 Å². The number of phenolic OH excluding ortho intramolecular Hbond substituents is 1. The molecule has 7 heteroatoms. The van der Waals surface area contributed by atoms with Crippen LogP contribution in [0.15, 0.2) is 48.5 Å². The van der Waals surface area contributed by atoms with E-state index in [1.807, 2.05) is 0 Å². The van der Waals surface area contributed by atoms with Gasteiger partial charge in [-0.15, -0.1) is 0 Å². The minimum Gasteiger partial charge on any atom is -0.508 e. The van der Waals surface area contributed by atoms with Crippen molar-refractivity contribution in [2.24, 2.45) is 0 Å². The molecule has 2 aromatic rings. The maximum Gasteiger partial charge on any atom is 0.336 e. The van der Waals surface area contributed by atoms with Crippen LogP contribution in [0.4, 0.5) is 16.2 Å². The molecule has 23 heavy (non-hydrogen) atoms. The van der Waals surface area contributed by atoms with E-state index in [1.54, 1.807) is 0 Å². The molecular weight excluding hydrogens is 300 g/mol. The van der Waals surface area contributed by atoms with E-state index in [4.69, 9.17) is 5.11 Å². The van der Waals surface area contributed by atoms with Gasteiger partial charge in [0.15, 0.2) is 0 Å². The number of anilines is 2. The van der Waals surface area contributed by atoms with Gasteiger partial charge >= 0.3 is 12.0 Å². The van der Waals surface area contributed by atoms with Crippen molar-refractivity contribution >= 4 is 29.3 Å². The third kappa shape index (κ3) is 2.59. The Labute approximate surface area is 131 Å². The molecule has 1 aliphatic heterocycles. The summed E-state index contributed by atoms with van der Waals surface area (Å²) in [6.07, 6.45) is 0. The predicted octanol–water partition coefficient (Wildman–Crippen LogP) is 2.06. The van der Waals surface area contributed by atoms with E-state index in [9.17, 15) is 19.5 Å². The summed E-state index contributed by atoms with van der Waals surface area (Å²) >= 11 is 0. The Kier molecular flexibility index (Phi) is 3.46. The van der Waals surface area contributed by atoms with Gasteiger partial charge in [0.1, 0.15) is 12.3 Å². The van der Waals surface area contributed by atoms with Gasteiger partial charge in [0, 0.05) is 5.69 Å². The number of carboxylic acid groups (broad SMARTS) is 1. The second kappa shape index (κ2) is 5.45. The lowest BCUT2D eigenvalue weighted by molar-refractivity contribution is -0.115. The van der Waals surface area contributed by atoms with Crippen LogP contribution in [-0.4, -0.2) is 34.7 Å². The van der Waals surface area contributed by atoms with Crippen LogP contribution in [0.25, 0.3) is 0 Å². The lowest BCUT2D eigenvalue weighted by Crippen LogP contribution is -2.32. The topological polar surface area (TPSA) is 98.2 Å². The van der Waals surface area contributed by atoms with Gasteiger partial charge in [-0.1, -0.05) is 0 Å². The second-order valence-corrected chi connectivity index (χ2v) is 4.97. The number of hydrogen-bond acceptors (Lipinski definition) is 4. The molecule has 3 rings (SSSR count). The SMILES string of the molecule is O=C(O)c1ccc(N2CC(=O)N(c3ccc(O)cc3)C2=O)cc1. The Balaban J connectivity index is 1.88. The zero-order chi connectivity index (χ0) is 16.6. The van der Waals surface area contributed by atoms with Crippen LogP contribution < -0.4 is 9.80 Å². The monoisotopic (exact) mass is 312 g/mol. The second-order valence-electron chi connectivity index (χ2n) is 4.97. The minimum atomic E-state index is -1.06. The molecule has 0 saturated carbocycles. The average Bonchev–Trinajstić information content (AvgIpc) is 2.83. The summed E-state index contributed by atoms with van der Waals surface area (Å²) in [7, 11) is 0. The molecule has 0 unspecified atom stereocenters. The standard InChI is InChI=1S/C16H12N2O5/c19-13-7-5-12(6-8-13)18-14(20)9-17(16(18)23)11-3-1-10(2-4-11)15(21)22/h1-8,19H,9H2,(H,21,22). The van der Waals surface area contributed by atoms with Crippen molar-refractivity contribution in [1.82, 2.24) is 0 Å². The third-order valence-corrected chi connectivity index (χ3v) is 3.50. The van der Waals surface area contributed by atoms with E-state index in [0.29, 0.717) is 11.4 Å². The number of carboxylic acids is 1. The molecular formula is C16H12N2O5. The maximum absolute atomic E-state index is 12.5. The molecule has 0 aromatic heterocycles. The number of benzene rings is 2. The fourth-order valence-electron chi connectivity index (χ4n) is 2.34. The average molecular weight is 312 g/mol. The number of urea groups is 1. The Morgan fingerprint density at radius 2 is 1.48 bits per heavy atom. The molecule has 7 nitrogen and oxygen atoms in total. The van der Waals surface area contributed by atoms with Gasteiger partial charge < -0.3 is 10.2 Å². The summed E-state index contributed by atoms with van der Waals surface area (Å²) in [6.45, 7) is -0.133.